The zero-order valence-electron chi connectivity index (χ0n) is 10.3. The van der Waals surface area contributed by atoms with Gasteiger partial charge in [-0.05, 0) is 30.7 Å². The summed E-state index contributed by atoms with van der Waals surface area (Å²) in [5.74, 6) is -0.106. The van der Waals surface area contributed by atoms with Gasteiger partial charge in [-0.1, -0.05) is 6.07 Å². The largest absolute Gasteiger partial charge is 0.485 e. The first kappa shape index (κ1) is 12.4. The lowest BCUT2D eigenvalue weighted by Crippen LogP contribution is -2.15. The highest BCUT2D eigenvalue weighted by atomic mass is 19.1. The summed E-state index contributed by atoms with van der Waals surface area (Å²) in [5.41, 5.74) is 1.38. The lowest BCUT2D eigenvalue weighted by atomic mass is 10.2. The van der Waals surface area contributed by atoms with E-state index >= 15 is 0 Å². The summed E-state index contributed by atoms with van der Waals surface area (Å²) >= 11 is 0. The van der Waals surface area contributed by atoms with Crippen molar-refractivity contribution in [3.63, 3.8) is 0 Å². The molecule has 0 aliphatic rings. The van der Waals surface area contributed by atoms with Gasteiger partial charge in [0.1, 0.15) is 11.6 Å². The lowest BCUT2D eigenvalue weighted by Gasteiger charge is -2.08. The highest BCUT2D eigenvalue weighted by Gasteiger charge is 2.10. The number of aromatic nitrogens is 1. The molecule has 1 aromatic heterocycles. The molecule has 0 N–H and O–H groups in total. The predicted molar refractivity (Wildman–Crippen MR) is 66.4 cm³/mol. The molecule has 4 heteroatoms. The minimum absolute atomic E-state index is 0.0951. The Bertz CT molecular complexity index is 575. The maximum Gasteiger partial charge on any atom is 0.216 e. The molecule has 1 heterocycles. The van der Waals surface area contributed by atoms with Crippen molar-refractivity contribution in [2.45, 2.75) is 6.92 Å². The Morgan fingerprint density at radius 3 is 2.83 bits per heavy atom. The summed E-state index contributed by atoms with van der Waals surface area (Å²) in [5, 5.41) is 0. The van der Waals surface area contributed by atoms with E-state index in [0.29, 0.717) is 11.4 Å². The summed E-state index contributed by atoms with van der Waals surface area (Å²) in [6.07, 6.45) is 1.79. The van der Waals surface area contributed by atoms with Crippen LogP contribution in [0, 0.1) is 12.7 Å². The van der Waals surface area contributed by atoms with Crippen LogP contribution in [0.4, 0.5) is 4.39 Å². The Morgan fingerprint density at radius 1 is 1.39 bits per heavy atom. The number of hydrogen-bond donors (Lipinski definition) is 0. The van der Waals surface area contributed by atoms with Gasteiger partial charge in [-0.15, -0.1) is 0 Å². The molecule has 0 aliphatic heterocycles. The van der Waals surface area contributed by atoms with Crippen LogP contribution in [0.5, 0.6) is 5.75 Å². The summed E-state index contributed by atoms with van der Waals surface area (Å²) < 4.78 is 20.1. The van der Waals surface area contributed by atoms with E-state index in [1.165, 1.54) is 12.1 Å². The molecule has 94 valence electrons. The third-order valence-electron chi connectivity index (χ3n) is 2.74. The van der Waals surface area contributed by atoms with Crippen molar-refractivity contribution >= 4 is 5.78 Å². The molecule has 2 rings (SSSR count). The second-order valence-corrected chi connectivity index (χ2v) is 4.13. The predicted octanol–water partition coefficient (Wildman–Crippen LogP) is 2.73. The van der Waals surface area contributed by atoms with Gasteiger partial charge in [0.05, 0.1) is 5.69 Å². The number of ketones is 1. The van der Waals surface area contributed by atoms with Crippen LogP contribution < -0.4 is 4.74 Å². The molecule has 0 fully saturated rings. The average molecular weight is 247 g/mol. The van der Waals surface area contributed by atoms with E-state index in [-0.39, 0.29) is 18.2 Å². The summed E-state index contributed by atoms with van der Waals surface area (Å²) in [7, 11) is 1.79. The Labute approximate surface area is 105 Å². The number of nitrogens with zero attached hydrogens (tertiary/aromatic N) is 1. The van der Waals surface area contributed by atoms with Crippen LogP contribution in [0.3, 0.4) is 0 Å². The second-order valence-electron chi connectivity index (χ2n) is 4.13. The fourth-order valence-corrected chi connectivity index (χ4v) is 1.70. The number of halogens is 1. The second kappa shape index (κ2) is 5.04. The van der Waals surface area contributed by atoms with Gasteiger partial charge >= 0.3 is 0 Å². The number of carbonyl (C=O) groups is 1. The minimum Gasteiger partial charge on any atom is -0.485 e. The van der Waals surface area contributed by atoms with E-state index < -0.39 is 0 Å². The van der Waals surface area contributed by atoms with Crippen molar-refractivity contribution in [3.05, 3.63) is 53.6 Å². The number of aryl methyl sites for hydroxylation is 2. The molecule has 2 aromatic rings. The Hall–Kier alpha value is -2.10. The molecule has 1 aromatic carbocycles. The highest BCUT2D eigenvalue weighted by molar-refractivity contribution is 5.95. The normalized spacial score (nSPS) is 10.4. The number of benzene rings is 1. The molecule has 0 spiro atoms. The number of rotatable bonds is 4. The number of carbonyl (C=O) groups excluding carboxylic acids is 1. The topological polar surface area (TPSA) is 31.2 Å². The monoisotopic (exact) mass is 247 g/mol. The zero-order valence-corrected chi connectivity index (χ0v) is 10.3. The van der Waals surface area contributed by atoms with Crippen LogP contribution in [0.25, 0.3) is 0 Å². The molecule has 0 radical (unpaired) electrons. The fourth-order valence-electron chi connectivity index (χ4n) is 1.70. The zero-order chi connectivity index (χ0) is 13.1. The van der Waals surface area contributed by atoms with Gasteiger partial charge in [0.15, 0.2) is 6.61 Å². The number of ether oxygens (including phenoxy) is 1. The van der Waals surface area contributed by atoms with E-state index in [4.69, 9.17) is 4.74 Å². The van der Waals surface area contributed by atoms with Gasteiger partial charge in [-0.3, -0.25) is 4.79 Å². The average Bonchev–Trinajstić information content (AvgIpc) is 2.76. The lowest BCUT2D eigenvalue weighted by molar-refractivity contribution is 0.0912. The SMILES string of the molecule is Cc1ccc(F)cc1OCC(=O)c1cccn1C. The maximum absolute atomic E-state index is 13.0. The first-order valence-corrected chi connectivity index (χ1v) is 5.61. The van der Waals surface area contributed by atoms with Crippen molar-refractivity contribution < 1.29 is 13.9 Å². The van der Waals surface area contributed by atoms with Crippen molar-refractivity contribution in [1.29, 1.82) is 0 Å². The smallest absolute Gasteiger partial charge is 0.216 e. The van der Waals surface area contributed by atoms with Crippen LogP contribution >= 0.6 is 0 Å². The number of Topliss-reactive ketones (excluding diaryl/α,β-unsaturated/α-hetero) is 1. The first-order valence-electron chi connectivity index (χ1n) is 5.61. The summed E-state index contributed by atoms with van der Waals surface area (Å²) in [6, 6.07) is 7.79. The van der Waals surface area contributed by atoms with Gasteiger partial charge < -0.3 is 9.30 Å². The first-order chi connectivity index (χ1) is 8.58. The van der Waals surface area contributed by atoms with Gasteiger partial charge in [-0.2, -0.15) is 0 Å². The molecule has 0 bridgehead atoms. The van der Waals surface area contributed by atoms with E-state index in [1.54, 1.807) is 36.0 Å². The molecule has 0 aliphatic carbocycles. The molecular formula is C14H14FNO2. The van der Waals surface area contributed by atoms with Gasteiger partial charge in [-0.25, -0.2) is 4.39 Å². The third kappa shape index (κ3) is 2.59. The van der Waals surface area contributed by atoms with Crippen molar-refractivity contribution in [2.75, 3.05) is 6.61 Å². The van der Waals surface area contributed by atoms with Gasteiger partial charge in [0.25, 0.3) is 0 Å². The van der Waals surface area contributed by atoms with E-state index in [1.807, 2.05) is 6.92 Å². The molecule has 0 amide bonds. The quantitative estimate of drug-likeness (QED) is 0.778. The van der Waals surface area contributed by atoms with Crippen LogP contribution in [0.2, 0.25) is 0 Å². The summed E-state index contributed by atoms with van der Waals surface area (Å²) in [6.45, 7) is 1.71. The van der Waals surface area contributed by atoms with E-state index in [9.17, 15) is 9.18 Å². The van der Waals surface area contributed by atoms with Crippen molar-refractivity contribution in [3.8, 4) is 5.75 Å². The summed E-state index contributed by atoms with van der Waals surface area (Å²) in [4.78, 5) is 11.9. The standard InChI is InChI=1S/C14H14FNO2/c1-10-5-6-11(15)8-14(10)18-9-13(17)12-4-3-7-16(12)2/h3-8H,9H2,1-2H3. The number of hydrogen-bond acceptors (Lipinski definition) is 2. The molecule has 0 atom stereocenters. The maximum atomic E-state index is 13.0. The van der Waals surface area contributed by atoms with Crippen molar-refractivity contribution in [2.24, 2.45) is 7.05 Å². The third-order valence-corrected chi connectivity index (χ3v) is 2.74. The van der Waals surface area contributed by atoms with Crippen LogP contribution in [0.1, 0.15) is 16.1 Å². The highest BCUT2D eigenvalue weighted by Crippen LogP contribution is 2.18. The molecular weight excluding hydrogens is 233 g/mol. The fraction of sp³-hybridized carbons (Fsp3) is 0.214. The van der Waals surface area contributed by atoms with Gasteiger partial charge in [0, 0.05) is 19.3 Å². The van der Waals surface area contributed by atoms with E-state index in [2.05, 4.69) is 0 Å². The molecule has 18 heavy (non-hydrogen) atoms. The Kier molecular flexibility index (Phi) is 3.46. The Morgan fingerprint density at radius 2 is 2.17 bits per heavy atom. The molecule has 0 saturated heterocycles. The Balaban J connectivity index is 2.06. The van der Waals surface area contributed by atoms with Gasteiger partial charge in [0.2, 0.25) is 5.78 Å². The van der Waals surface area contributed by atoms with E-state index in [0.717, 1.165) is 5.56 Å². The van der Waals surface area contributed by atoms with Crippen LogP contribution in [-0.2, 0) is 7.05 Å². The molecule has 3 nitrogen and oxygen atoms in total. The van der Waals surface area contributed by atoms with Crippen molar-refractivity contribution in [1.82, 2.24) is 4.57 Å². The van der Waals surface area contributed by atoms with Crippen LogP contribution in [-0.4, -0.2) is 17.0 Å². The molecule has 0 saturated carbocycles. The van der Waals surface area contributed by atoms with Crippen LogP contribution in [0.15, 0.2) is 36.5 Å². The minimum atomic E-state index is -0.373. The molecule has 0 unspecified atom stereocenters.